The molecule has 0 amide bonds. The molecule has 5 nitrogen and oxygen atoms in total. The summed E-state index contributed by atoms with van der Waals surface area (Å²) in [4.78, 5) is 12.5. The molecule has 90 valence electrons. The summed E-state index contributed by atoms with van der Waals surface area (Å²) in [5.41, 5.74) is 2.10. The molecule has 5 heteroatoms. The Morgan fingerprint density at radius 2 is 2.25 bits per heavy atom. The lowest BCUT2D eigenvalue weighted by atomic mass is 10.3. The fourth-order valence-electron chi connectivity index (χ4n) is 1.59. The number of hydrogen-bond donors (Lipinski definition) is 1. The van der Waals surface area contributed by atoms with Crippen molar-refractivity contribution in [2.45, 2.75) is 26.8 Å². The number of carbonyl (C=O) groups is 1. The first-order valence-corrected chi connectivity index (χ1v) is 5.52. The van der Waals surface area contributed by atoms with E-state index in [-0.39, 0.29) is 6.54 Å². The van der Waals surface area contributed by atoms with Gasteiger partial charge >= 0.3 is 5.97 Å². The highest BCUT2D eigenvalue weighted by atomic mass is 16.4. The van der Waals surface area contributed by atoms with Gasteiger partial charge in [-0.1, -0.05) is 13.8 Å². The summed E-state index contributed by atoms with van der Waals surface area (Å²) in [5, 5.41) is 13.1. The first-order chi connectivity index (χ1) is 7.56. The van der Waals surface area contributed by atoms with Crippen molar-refractivity contribution in [1.29, 1.82) is 0 Å². The van der Waals surface area contributed by atoms with E-state index in [1.807, 2.05) is 29.6 Å². The van der Waals surface area contributed by atoms with Gasteiger partial charge < -0.3 is 5.11 Å². The number of carboxylic acid groups (broad SMARTS) is 1. The van der Waals surface area contributed by atoms with E-state index in [4.69, 9.17) is 5.11 Å². The average Bonchev–Trinajstić information content (AvgIpc) is 2.58. The van der Waals surface area contributed by atoms with Crippen molar-refractivity contribution in [1.82, 2.24) is 14.7 Å². The van der Waals surface area contributed by atoms with Crippen LogP contribution < -0.4 is 0 Å². The molecule has 0 aliphatic heterocycles. The largest absolute Gasteiger partial charge is 0.480 e. The molecule has 1 aromatic rings. The van der Waals surface area contributed by atoms with Crippen LogP contribution >= 0.6 is 0 Å². The predicted octanol–water partition coefficient (Wildman–Crippen LogP) is 0.889. The Labute approximate surface area is 95.7 Å². The summed E-state index contributed by atoms with van der Waals surface area (Å²) in [6.07, 6.45) is 0.902. The molecule has 0 atom stereocenters. The minimum Gasteiger partial charge on any atom is -0.480 e. The maximum absolute atomic E-state index is 10.6. The summed E-state index contributed by atoms with van der Waals surface area (Å²) in [5.74, 6) is -0.792. The number of nitrogens with zero attached hydrogens (tertiary/aromatic N) is 3. The van der Waals surface area contributed by atoms with Crippen LogP contribution in [0.2, 0.25) is 0 Å². The number of hydrogen-bond acceptors (Lipinski definition) is 3. The van der Waals surface area contributed by atoms with Crippen molar-refractivity contribution in [3.63, 3.8) is 0 Å². The molecule has 0 bridgehead atoms. The fourth-order valence-corrected chi connectivity index (χ4v) is 1.59. The van der Waals surface area contributed by atoms with Crippen molar-refractivity contribution in [3.8, 4) is 0 Å². The summed E-state index contributed by atoms with van der Waals surface area (Å²) in [6.45, 7) is 5.44. The van der Waals surface area contributed by atoms with Crippen LogP contribution in [-0.2, 0) is 24.8 Å². The molecule has 0 saturated heterocycles. The van der Waals surface area contributed by atoms with Gasteiger partial charge in [0.1, 0.15) is 0 Å². The smallest absolute Gasteiger partial charge is 0.317 e. The van der Waals surface area contributed by atoms with E-state index in [9.17, 15) is 4.79 Å². The molecule has 0 aliphatic rings. The molecule has 1 heterocycles. The average molecular weight is 225 g/mol. The maximum atomic E-state index is 10.6. The van der Waals surface area contributed by atoms with Gasteiger partial charge in [-0.3, -0.25) is 14.4 Å². The van der Waals surface area contributed by atoms with E-state index < -0.39 is 5.97 Å². The molecule has 0 radical (unpaired) electrons. The van der Waals surface area contributed by atoms with Gasteiger partial charge in [-0.25, -0.2) is 0 Å². The third kappa shape index (κ3) is 3.34. The van der Waals surface area contributed by atoms with Crippen molar-refractivity contribution in [3.05, 3.63) is 17.5 Å². The van der Waals surface area contributed by atoms with Crippen LogP contribution in [-0.4, -0.2) is 38.8 Å². The Kier molecular flexibility index (Phi) is 4.49. The SMILES string of the molecule is CCc1cc(CN(CC)CC(=O)O)n(C)n1. The number of likely N-dealkylation sites (N-methyl/N-ethyl adjacent to an activating group) is 1. The molecular formula is C11H19N3O2. The Bertz CT molecular complexity index is 360. The third-order valence-corrected chi connectivity index (χ3v) is 2.58. The zero-order chi connectivity index (χ0) is 12.1. The molecule has 1 N–H and O–H groups in total. The molecule has 0 aromatic carbocycles. The predicted molar refractivity (Wildman–Crippen MR) is 61.2 cm³/mol. The molecule has 1 aromatic heterocycles. The number of rotatable bonds is 6. The molecule has 0 spiro atoms. The lowest BCUT2D eigenvalue weighted by molar-refractivity contribution is -0.138. The van der Waals surface area contributed by atoms with Crippen LogP contribution in [0.1, 0.15) is 25.2 Å². The van der Waals surface area contributed by atoms with Crippen molar-refractivity contribution in [2.75, 3.05) is 13.1 Å². The first-order valence-electron chi connectivity index (χ1n) is 5.52. The Balaban J connectivity index is 2.69. The zero-order valence-corrected chi connectivity index (χ0v) is 10.1. The van der Waals surface area contributed by atoms with Gasteiger partial charge in [0.05, 0.1) is 17.9 Å². The maximum Gasteiger partial charge on any atom is 0.317 e. The monoisotopic (exact) mass is 225 g/mol. The lowest BCUT2D eigenvalue weighted by Crippen LogP contribution is -2.29. The molecular weight excluding hydrogens is 206 g/mol. The quantitative estimate of drug-likeness (QED) is 0.781. The second-order valence-electron chi connectivity index (χ2n) is 3.80. The van der Waals surface area contributed by atoms with Crippen LogP contribution in [0.15, 0.2) is 6.07 Å². The minimum atomic E-state index is -0.792. The van der Waals surface area contributed by atoms with Crippen LogP contribution in [0, 0.1) is 0 Å². The number of carboxylic acids is 1. The van der Waals surface area contributed by atoms with Crippen molar-refractivity contribution in [2.24, 2.45) is 7.05 Å². The zero-order valence-electron chi connectivity index (χ0n) is 10.1. The second-order valence-corrected chi connectivity index (χ2v) is 3.80. The summed E-state index contributed by atoms with van der Waals surface area (Å²) in [6, 6.07) is 2.03. The van der Waals surface area contributed by atoms with Crippen molar-refractivity contribution < 1.29 is 9.90 Å². The Morgan fingerprint density at radius 3 is 2.69 bits per heavy atom. The van der Waals surface area contributed by atoms with Gasteiger partial charge in [0, 0.05) is 13.6 Å². The number of aryl methyl sites for hydroxylation is 2. The van der Waals surface area contributed by atoms with Gasteiger partial charge in [0.2, 0.25) is 0 Å². The molecule has 0 unspecified atom stereocenters. The topological polar surface area (TPSA) is 58.4 Å². The van der Waals surface area contributed by atoms with E-state index in [0.29, 0.717) is 6.54 Å². The van der Waals surface area contributed by atoms with Gasteiger partial charge in [-0.2, -0.15) is 5.10 Å². The molecule has 0 saturated carbocycles. The summed E-state index contributed by atoms with van der Waals surface area (Å²) < 4.78 is 1.82. The second kappa shape index (κ2) is 5.65. The van der Waals surface area contributed by atoms with Crippen LogP contribution in [0.5, 0.6) is 0 Å². The van der Waals surface area contributed by atoms with Gasteiger partial charge in [-0.15, -0.1) is 0 Å². The standard InChI is InChI=1S/C11H19N3O2/c1-4-9-6-10(13(3)12-9)7-14(5-2)8-11(15)16/h6H,4-5,7-8H2,1-3H3,(H,15,16). The van der Waals surface area contributed by atoms with E-state index >= 15 is 0 Å². The fraction of sp³-hybridized carbons (Fsp3) is 0.636. The van der Waals surface area contributed by atoms with E-state index in [1.165, 1.54) is 0 Å². The van der Waals surface area contributed by atoms with E-state index in [2.05, 4.69) is 12.0 Å². The highest BCUT2D eigenvalue weighted by molar-refractivity contribution is 5.69. The Morgan fingerprint density at radius 1 is 1.56 bits per heavy atom. The third-order valence-electron chi connectivity index (χ3n) is 2.58. The number of aliphatic carboxylic acids is 1. The van der Waals surface area contributed by atoms with E-state index in [0.717, 1.165) is 24.4 Å². The minimum absolute atomic E-state index is 0.0726. The van der Waals surface area contributed by atoms with Crippen LogP contribution in [0.3, 0.4) is 0 Å². The highest BCUT2D eigenvalue weighted by Crippen LogP contribution is 2.07. The number of aromatic nitrogens is 2. The van der Waals surface area contributed by atoms with Crippen molar-refractivity contribution >= 4 is 5.97 Å². The lowest BCUT2D eigenvalue weighted by Gasteiger charge is -2.17. The summed E-state index contributed by atoms with van der Waals surface area (Å²) >= 11 is 0. The molecule has 0 fully saturated rings. The molecule has 0 aliphatic carbocycles. The van der Waals surface area contributed by atoms with Gasteiger partial charge in [-0.05, 0) is 19.0 Å². The molecule has 16 heavy (non-hydrogen) atoms. The first kappa shape index (κ1) is 12.7. The van der Waals surface area contributed by atoms with E-state index in [1.54, 1.807) is 0 Å². The van der Waals surface area contributed by atoms with Crippen LogP contribution in [0.25, 0.3) is 0 Å². The summed E-state index contributed by atoms with van der Waals surface area (Å²) in [7, 11) is 1.89. The van der Waals surface area contributed by atoms with Gasteiger partial charge in [0.15, 0.2) is 0 Å². The normalized spacial score (nSPS) is 11.0. The van der Waals surface area contributed by atoms with Crippen LogP contribution in [0.4, 0.5) is 0 Å². The Hall–Kier alpha value is -1.36. The highest BCUT2D eigenvalue weighted by Gasteiger charge is 2.11. The molecule has 1 rings (SSSR count). The van der Waals surface area contributed by atoms with Gasteiger partial charge in [0.25, 0.3) is 0 Å².